The second-order valence-corrected chi connectivity index (χ2v) is 6.91. The normalized spacial score (nSPS) is 11.8. The Balaban J connectivity index is 1.84. The Labute approximate surface area is 168 Å². The van der Waals surface area contributed by atoms with Crippen LogP contribution in [0.15, 0.2) is 54.6 Å². The molecule has 1 amide bonds. The van der Waals surface area contributed by atoms with Crippen LogP contribution in [-0.4, -0.2) is 29.5 Å². The molecular weight excluding hydrogens is 371 g/mol. The Morgan fingerprint density at radius 3 is 2.59 bits per heavy atom. The minimum absolute atomic E-state index is 0.0260. The molecule has 2 aromatic carbocycles. The van der Waals surface area contributed by atoms with Crippen LogP contribution < -0.4 is 5.32 Å². The van der Waals surface area contributed by atoms with Crippen molar-refractivity contribution in [2.45, 2.75) is 32.7 Å². The molecule has 0 spiro atoms. The predicted octanol–water partition coefficient (Wildman–Crippen LogP) is 4.50. The number of amides is 1. The smallest absolute Gasteiger partial charge is 0.339 e. The lowest BCUT2D eigenvalue weighted by Gasteiger charge is -2.13. The van der Waals surface area contributed by atoms with E-state index in [1.807, 2.05) is 19.9 Å². The fourth-order valence-electron chi connectivity index (χ4n) is 3.14. The summed E-state index contributed by atoms with van der Waals surface area (Å²) in [5.74, 6) is -1.29. The number of rotatable bonds is 7. The molecule has 0 radical (unpaired) electrons. The number of carbonyl (C=O) groups excluding carboxylic acids is 2. The van der Waals surface area contributed by atoms with Crippen molar-refractivity contribution >= 4 is 22.8 Å². The molecule has 0 aliphatic rings. The molecule has 0 bridgehead atoms. The SMILES string of the molecule is CCC[C@H](C)NC(=O)COC(=O)c1cc(-c2ccc(F)cc2)nc2ccccc12. The van der Waals surface area contributed by atoms with E-state index in [9.17, 15) is 14.0 Å². The first-order valence-corrected chi connectivity index (χ1v) is 9.60. The molecule has 0 fully saturated rings. The predicted molar refractivity (Wildman–Crippen MR) is 110 cm³/mol. The first-order valence-electron chi connectivity index (χ1n) is 9.60. The fraction of sp³-hybridized carbons (Fsp3) is 0.261. The summed E-state index contributed by atoms with van der Waals surface area (Å²) in [6, 6.07) is 14.7. The van der Waals surface area contributed by atoms with Gasteiger partial charge in [0, 0.05) is 17.0 Å². The number of halogens is 1. The van der Waals surface area contributed by atoms with Crippen LogP contribution in [0.1, 0.15) is 37.0 Å². The highest BCUT2D eigenvalue weighted by Gasteiger charge is 2.17. The highest BCUT2D eigenvalue weighted by atomic mass is 19.1. The number of aromatic nitrogens is 1. The summed E-state index contributed by atoms with van der Waals surface area (Å²) < 4.78 is 18.5. The van der Waals surface area contributed by atoms with Crippen LogP contribution >= 0.6 is 0 Å². The maximum absolute atomic E-state index is 13.2. The van der Waals surface area contributed by atoms with Crippen LogP contribution in [0.5, 0.6) is 0 Å². The average Bonchev–Trinajstić information content (AvgIpc) is 2.72. The maximum Gasteiger partial charge on any atom is 0.339 e. The average molecular weight is 394 g/mol. The van der Waals surface area contributed by atoms with E-state index in [2.05, 4.69) is 10.3 Å². The number of para-hydroxylation sites is 1. The lowest BCUT2D eigenvalue weighted by atomic mass is 10.0. The number of ether oxygens (including phenoxy) is 1. The van der Waals surface area contributed by atoms with Gasteiger partial charge in [0.05, 0.1) is 16.8 Å². The third kappa shape index (κ3) is 5.16. The Bertz CT molecular complexity index is 1020. The fourth-order valence-corrected chi connectivity index (χ4v) is 3.14. The van der Waals surface area contributed by atoms with Crippen LogP contribution in [0, 0.1) is 5.82 Å². The van der Waals surface area contributed by atoms with Crippen molar-refractivity contribution in [2.24, 2.45) is 0 Å². The van der Waals surface area contributed by atoms with E-state index >= 15 is 0 Å². The molecule has 0 aliphatic carbocycles. The van der Waals surface area contributed by atoms with Crippen LogP contribution in [-0.2, 0) is 9.53 Å². The number of fused-ring (bicyclic) bond motifs is 1. The molecule has 1 heterocycles. The number of pyridine rings is 1. The molecule has 150 valence electrons. The zero-order chi connectivity index (χ0) is 20.8. The van der Waals surface area contributed by atoms with Gasteiger partial charge in [-0.2, -0.15) is 0 Å². The van der Waals surface area contributed by atoms with E-state index in [0.29, 0.717) is 27.7 Å². The molecule has 0 saturated carbocycles. The van der Waals surface area contributed by atoms with Crippen molar-refractivity contribution in [2.75, 3.05) is 6.61 Å². The van der Waals surface area contributed by atoms with Crippen molar-refractivity contribution in [3.05, 3.63) is 66.0 Å². The number of nitrogens with zero attached hydrogens (tertiary/aromatic N) is 1. The van der Waals surface area contributed by atoms with Gasteiger partial charge >= 0.3 is 5.97 Å². The molecule has 29 heavy (non-hydrogen) atoms. The summed E-state index contributed by atoms with van der Waals surface area (Å²) in [6.07, 6.45) is 1.81. The number of hydrogen-bond acceptors (Lipinski definition) is 4. The quantitative estimate of drug-likeness (QED) is 0.599. The number of esters is 1. The van der Waals surface area contributed by atoms with Crippen molar-refractivity contribution in [3.63, 3.8) is 0 Å². The molecule has 0 aliphatic heterocycles. The van der Waals surface area contributed by atoms with Gasteiger partial charge in [0.2, 0.25) is 0 Å². The molecule has 3 aromatic rings. The molecule has 6 heteroatoms. The third-order valence-corrected chi connectivity index (χ3v) is 4.54. The molecule has 0 saturated heterocycles. The van der Waals surface area contributed by atoms with E-state index in [4.69, 9.17) is 4.74 Å². The maximum atomic E-state index is 13.2. The first-order chi connectivity index (χ1) is 14.0. The zero-order valence-corrected chi connectivity index (χ0v) is 16.4. The summed E-state index contributed by atoms with van der Waals surface area (Å²) >= 11 is 0. The molecule has 0 unspecified atom stereocenters. The molecule has 1 N–H and O–H groups in total. The van der Waals surface area contributed by atoms with Crippen molar-refractivity contribution in [3.8, 4) is 11.3 Å². The van der Waals surface area contributed by atoms with Gasteiger partial charge in [0.15, 0.2) is 6.61 Å². The van der Waals surface area contributed by atoms with E-state index in [1.54, 1.807) is 36.4 Å². The van der Waals surface area contributed by atoms with Gasteiger partial charge in [-0.25, -0.2) is 14.2 Å². The van der Waals surface area contributed by atoms with Gasteiger partial charge in [-0.05, 0) is 49.7 Å². The Hall–Kier alpha value is -3.28. The lowest BCUT2D eigenvalue weighted by molar-refractivity contribution is -0.124. The van der Waals surface area contributed by atoms with Crippen molar-refractivity contribution < 1.29 is 18.7 Å². The van der Waals surface area contributed by atoms with E-state index in [-0.39, 0.29) is 24.4 Å². The number of carbonyl (C=O) groups is 2. The Kier molecular flexibility index (Phi) is 6.54. The van der Waals surface area contributed by atoms with E-state index < -0.39 is 5.97 Å². The second-order valence-electron chi connectivity index (χ2n) is 6.91. The van der Waals surface area contributed by atoms with Gasteiger partial charge in [-0.15, -0.1) is 0 Å². The van der Waals surface area contributed by atoms with Crippen molar-refractivity contribution in [1.82, 2.24) is 10.3 Å². The summed E-state index contributed by atoms with van der Waals surface area (Å²) in [5, 5.41) is 3.43. The molecule has 1 atom stereocenters. The monoisotopic (exact) mass is 394 g/mol. The van der Waals surface area contributed by atoms with Crippen LogP contribution in [0.2, 0.25) is 0 Å². The van der Waals surface area contributed by atoms with Gasteiger partial charge in [0.25, 0.3) is 5.91 Å². The van der Waals surface area contributed by atoms with Crippen molar-refractivity contribution in [1.29, 1.82) is 0 Å². The standard InChI is InChI=1S/C23H23FN2O3/c1-3-6-15(2)25-22(27)14-29-23(28)19-13-21(16-9-11-17(24)12-10-16)26-20-8-5-4-7-18(19)20/h4-5,7-13,15H,3,6,14H2,1-2H3,(H,25,27)/t15-/m0/s1. The van der Waals surface area contributed by atoms with Gasteiger partial charge in [-0.3, -0.25) is 4.79 Å². The summed E-state index contributed by atoms with van der Waals surface area (Å²) in [7, 11) is 0. The molecule has 1 aromatic heterocycles. The summed E-state index contributed by atoms with van der Waals surface area (Å²) in [4.78, 5) is 29.3. The third-order valence-electron chi connectivity index (χ3n) is 4.54. The number of nitrogens with one attached hydrogen (secondary N) is 1. The molecule has 5 nitrogen and oxygen atoms in total. The molecule has 3 rings (SSSR count). The topological polar surface area (TPSA) is 68.3 Å². The highest BCUT2D eigenvalue weighted by Crippen LogP contribution is 2.25. The van der Waals surface area contributed by atoms with Crippen LogP contribution in [0.25, 0.3) is 22.2 Å². The van der Waals surface area contributed by atoms with Gasteiger partial charge in [0.1, 0.15) is 5.82 Å². The van der Waals surface area contributed by atoms with E-state index in [0.717, 1.165) is 12.8 Å². The summed E-state index contributed by atoms with van der Waals surface area (Å²) in [6.45, 7) is 3.60. The number of hydrogen-bond donors (Lipinski definition) is 1. The Morgan fingerprint density at radius 2 is 1.86 bits per heavy atom. The minimum atomic E-state index is -0.606. The largest absolute Gasteiger partial charge is 0.452 e. The van der Waals surface area contributed by atoms with Crippen LogP contribution in [0.3, 0.4) is 0 Å². The lowest BCUT2D eigenvalue weighted by Crippen LogP contribution is -2.35. The van der Waals surface area contributed by atoms with E-state index in [1.165, 1.54) is 12.1 Å². The van der Waals surface area contributed by atoms with Crippen LogP contribution in [0.4, 0.5) is 4.39 Å². The van der Waals surface area contributed by atoms with Gasteiger partial charge in [-0.1, -0.05) is 31.5 Å². The number of benzene rings is 2. The minimum Gasteiger partial charge on any atom is -0.452 e. The zero-order valence-electron chi connectivity index (χ0n) is 16.4. The highest BCUT2D eigenvalue weighted by molar-refractivity contribution is 6.05. The Morgan fingerprint density at radius 1 is 1.14 bits per heavy atom. The molecular formula is C23H23FN2O3. The second kappa shape index (κ2) is 9.28. The first kappa shape index (κ1) is 20.5. The summed E-state index contributed by atoms with van der Waals surface area (Å²) in [5.41, 5.74) is 2.13. The van der Waals surface area contributed by atoms with Gasteiger partial charge < -0.3 is 10.1 Å².